The lowest BCUT2D eigenvalue weighted by molar-refractivity contribution is -0.00478. The molecule has 0 amide bonds. The summed E-state index contributed by atoms with van der Waals surface area (Å²) in [6, 6.07) is 0. The zero-order valence-electron chi connectivity index (χ0n) is 13.9. The van der Waals surface area contributed by atoms with Crippen LogP contribution in [0.4, 0.5) is 0 Å². The van der Waals surface area contributed by atoms with Gasteiger partial charge in [-0.05, 0) is 56.8 Å². The average Bonchev–Trinajstić information content (AvgIpc) is 2.59. The van der Waals surface area contributed by atoms with Crippen LogP contribution < -0.4 is 0 Å². The van der Waals surface area contributed by atoms with Crippen molar-refractivity contribution in [2.45, 2.75) is 84.2 Å². The zero-order chi connectivity index (χ0) is 15.1. The van der Waals surface area contributed by atoms with Crippen molar-refractivity contribution < 1.29 is 9.31 Å². The summed E-state index contributed by atoms with van der Waals surface area (Å²) in [7, 11) is -0.248. The summed E-state index contributed by atoms with van der Waals surface area (Å²) in [5, 5.41) is -0.0475. The van der Waals surface area contributed by atoms with Crippen LogP contribution >= 0.6 is 11.6 Å². The molecule has 2 fully saturated rings. The molecule has 0 radical (unpaired) electrons. The van der Waals surface area contributed by atoms with E-state index in [-0.39, 0.29) is 24.1 Å². The Morgan fingerprint density at radius 1 is 1.25 bits per heavy atom. The lowest BCUT2D eigenvalue weighted by Gasteiger charge is -2.46. The normalized spacial score (nSPS) is 33.3. The SMILES string of the molecule is CC(C)C[C@@H](Cl)B1O[C@H](C[C@@H]2CCC2(C)C)C(C)(C)O1. The molecule has 4 heteroatoms. The summed E-state index contributed by atoms with van der Waals surface area (Å²) in [4.78, 5) is 0. The van der Waals surface area contributed by atoms with Crippen molar-refractivity contribution in [1.29, 1.82) is 0 Å². The highest BCUT2D eigenvalue weighted by molar-refractivity contribution is 6.59. The summed E-state index contributed by atoms with van der Waals surface area (Å²) >= 11 is 6.47. The molecule has 1 aliphatic heterocycles. The maximum atomic E-state index is 6.47. The molecule has 3 atom stereocenters. The molecule has 0 spiro atoms. The Labute approximate surface area is 130 Å². The molecule has 0 unspecified atom stereocenters. The topological polar surface area (TPSA) is 18.5 Å². The summed E-state index contributed by atoms with van der Waals surface area (Å²) in [6.45, 7) is 13.4. The lowest BCUT2D eigenvalue weighted by atomic mass is 9.60. The zero-order valence-corrected chi connectivity index (χ0v) is 14.7. The van der Waals surface area contributed by atoms with Gasteiger partial charge in [0.15, 0.2) is 0 Å². The molecule has 116 valence electrons. The second-order valence-electron chi connectivity index (χ2n) is 8.32. The third-order valence-electron chi connectivity index (χ3n) is 5.23. The fraction of sp³-hybridized carbons (Fsp3) is 1.00. The molecule has 2 aliphatic rings. The first kappa shape index (κ1) is 16.6. The molecule has 0 bridgehead atoms. The van der Waals surface area contributed by atoms with Gasteiger partial charge in [0.1, 0.15) is 0 Å². The first-order chi connectivity index (χ1) is 9.12. The minimum atomic E-state index is -0.248. The van der Waals surface area contributed by atoms with Crippen molar-refractivity contribution in [2.75, 3.05) is 0 Å². The van der Waals surface area contributed by atoms with Crippen LogP contribution in [0.15, 0.2) is 0 Å². The minimum Gasteiger partial charge on any atom is -0.404 e. The van der Waals surface area contributed by atoms with Crippen LogP contribution in [0.3, 0.4) is 0 Å². The molecule has 1 heterocycles. The highest BCUT2D eigenvalue weighted by atomic mass is 35.5. The van der Waals surface area contributed by atoms with E-state index in [9.17, 15) is 0 Å². The van der Waals surface area contributed by atoms with Crippen molar-refractivity contribution in [2.24, 2.45) is 17.3 Å². The Bertz CT molecular complexity index is 343. The quantitative estimate of drug-likeness (QED) is 0.542. The molecule has 0 aromatic rings. The van der Waals surface area contributed by atoms with Gasteiger partial charge in [-0.25, -0.2) is 0 Å². The van der Waals surface area contributed by atoms with Gasteiger partial charge in [-0.15, -0.1) is 11.6 Å². The fourth-order valence-electron chi connectivity index (χ4n) is 3.41. The molecule has 2 rings (SSSR count). The van der Waals surface area contributed by atoms with E-state index in [2.05, 4.69) is 41.5 Å². The molecule has 0 aromatic heterocycles. The van der Waals surface area contributed by atoms with Crippen LogP contribution in [0.5, 0.6) is 0 Å². The van der Waals surface area contributed by atoms with E-state index in [1.165, 1.54) is 12.8 Å². The molecule has 0 aromatic carbocycles. The molecule has 1 saturated carbocycles. The Balaban J connectivity index is 1.93. The monoisotopic (exact) mass is 300 g/mol. The van der Waals surface area contributed by atoms with Crippen molar-refractivity contribution >= 4 is 18.7 Å². The van der Waals surface area contributed by atoms with Crippen LogP contribution in [-0.4, -0.2) is 24.1 Å². The third kappa shape index (κ3) is 3.54. The first-order valence-corrected chi connectivity index (χ1v) is 8.53. The number of alkyl halides is 1. The van der Waals surface area contributed by atoms with Gasteiger partial charge in [-0.1, -0.05) is 27.7 Å². The van der Waals surface area contributed by atoms with Gasteiger partial charge in [-0.2, -0.15) is 0 Å². The van der Waals surface area contributed by atoms with Crippen molar-refractivity contribution in [3.63, 3.8) is 0 Å². The van der Waals surface area contributed by atoms with E-state index in [4.69, 9.17) is 20.9 Å². The minimum absolute atomic E-state index is 0.0475. The molecule has 2 nitrogen and oxygen atoms in total. The van der Waals surface area contributed by atoms with E-state index in [0.717, 1.165) is 18.8 Å². The highest BCUT2D eigenvalue weighted by Crippen LogP contribution is 2.50. The Kier molecular flexibility index (Phi) is 4.84. The summed E-state index contributed by atoms with van der Waals surface area (Å²) < 4.78 is 12.3. The Morgan fingerprint density at radius 3 is 2.35 bits per heavy atom. The highest BCUT2D eigenvalue weighted by Gasteiger charge is 2.51. The van der Waals surface area contributed by atoms with Crippen LogP contribution in [0.1, 0.15) is 67.2 Å². The molecule has 1 aliphatic carbocycles. The summed E-state index contributed by atoms with van der Waals surface area (Å²) in [5.41, 5.74) is 0.246. The number of hydrogen-bond donors (Lipinski definition) is 0. The largest absolute Gasteiger partial charge is 0.476 e. The number of rotatable bonds is 5. The lowest BCUT2D eigenvalue weighted by Crippen LogP contribution is -2.42. The van der Waals surface area contributed by atoms with Gasteiger partial charge < -0.3 is 9.31 Å². The first-order valence-electron chi connectivity index (χ1n) is 8.09. The van der Waals surface area contributed by atoms with Crippen LogP contribution in [0.2, 0.25) is 0 Å². The van der Waals surface area contributed by atoms with E-state index < -0.39 is 0 Å². The predicted octanol–water partition coefficient (Wildman–Crippen LogP) is 4.69. The van der Waals surface area contributed by atoms with Gasteiger partial charge in [-0.3, -0.25) is 0 Å². The number of hydrogen-bond acceptors (Lipinski definition) is 2. The third-order valence-corrected chi connectivity index (χ3v) is 5.61. The second-order valence-corrected chi connectivity index (χ2v) is 8.88. The van der Waals surface area contributed by atoms with Gasteiger partial charge in [0.05, 0.1) is 17.0 Å². The Hall–Kier alpha value is 0.275. The second kappa shape index (κ2) is 5.81. The Morgan fingerprint density at radius 2 is 1.90 bits per heavy atom. The maximum absolute atomic E-state index is 6.47. The predicted molar refractivity (Wildman–Crippen MR) is 86.0 cm³/mol. The summed E-state index contributed by atoms with van der Waals surface area (Å²) in [6.07, 6.45) is 4.86. The number of halogens is 1. The van der Waals surface area contributed by atoms with Gasteiger partial charge >= 0.3 is 7.12 Å². The van der Waals surface area contributed by atoms with Crippen molar-refractivity contribution in [1.82, 2.24) is 0 Å². The van der Waals surface area contributed by atoms with Gasteiger partial charge in [0, 0.05) is 0 Å². The van der Waals surface area contributed by atoms with E-state index >= 15 is 0 Å². The molecule has 0 N–H and O–H groups in total. The average molecular weight is 301 g/mol. The molecular weight excluding hydrogens is 270 g/mol. The maximum Gasteiger partial charge on any atom is 0.476 e. The van der Waals surface area contributed by atoms with E-state index in [1.807, 2.05) is 0 Å². The van der Waals surface area contributed by atoms with E-state index in [1.54, 1.807) is 0 Å². The smallest absolute Gasteiger partial charge is 0.404 e. The van der Waals surface area contributed by atoms with Crippen LogP contribution in [0.25, 0.3) is 0 Å². The van der Waals surface area contributed by atoms with Gasteiger partial charge in [0.2, 0.25) is 0 Å². The fourth-order valence-corrected chi connectivity index (χ4v) is 3.88. The summed E-state index contributed by atoms with van der Waals surface area (Å²) in [5.74, 6) is 1.32. The van der Waals surface area contributed by atoms with Gasteiger partial charge in [0.25, 0.3) is 0 Å². The molecular formula is C16H30BClO2. The van der Waals surface area contributed by atoms with Crippen molar-refractivity contribution in [3.05, 3.63) is 0 Å². The van der Waals surface area contributed by atoms with Crippen molar-refractivity contribution in [3.8, 4) is 0 Å². The van der Waals surface area contributed by atoms with Crippen LogP contribution in [-0.2, 0) is 9.31 Å². The molecule has 20 heavy (non-hydrogen) atoms. The molecule has 1 saturated heterocycles. The standard InChI is InChI=1S/C16H30BClO2/c1-11(2)9-14(18)17-19-13(16(5,6)20-17)10-12-7-8-15(12,3)4/h11-14H,7-10H2,1-6H3/t12-,13+,14+/m0/s1. The van der Waals surface area contributed by atoms with E-state index in [0.29, 0.717) is 11.3 Å². The van der Waals surface area contributed by atoms with Crippen LogP contribution in [0, 0.1) is 17.3 Å².